The number of nitrogens with one attached hydrogen (secondary N) is 2. The highest BCUT2D eigenvalue weighted by molar-refractivity contribution is 5.80. The van der Waals surface area contributed by atoms with Gasteiger partial charge in [0.25, 0.3) is 0 Å². The van der Waals surface area contributed by atoms with E-state index in [2.05, 4.69) is 39.6 Å². The molecule has 0 bridgehead atoms. The average molecular weight is 405 g/mol. The lowest BCUT2D eigenvalue weighted by Crippen LogP contribution is -2.46. The molecule has 3 rings (SSSR count). The fraction of sp³-hybridized carbons (Fsp3) is 0.682. The molecule has 7 nitrogen and oxygen atoms in total. The quantitative estimate of drug-likeness (QED) is 0.487. The molecule has 2 aliphatic rings. The minimum absolute atomic E-state index is 0.197. The third-order valence-corrected chi connectivity index (χ3v) is 5.87. The molecule has 162 valence electrons. The SMILES string of the molecule is CCCC1CC1NC(=NC)NCC(c1ccc(OC)c(OC)c1)N1CCOCC1. The Morgan fingerprint density at radius 3 is 2.66 bits per heavy atom. The van der Waals surface area contributed by atoms with Gasteiger partial charge in [-0.05, 0) is 36.5 Å². The average Bonchev–Trinajstić information content (AvgIpc) is 3.51. The van der Waals surface area contributed by atoms with Crippen LogP contribution in [0.5, 0.6) is 11.5 Å². The van der Waals surface area contributed by atoms with Crippen molar-refractivity contribution >= 4 is 5.96 Å². The minimum atomic E-state index is 0.197. The molecule has 1 aliphatic carbocycles. The van der Waals surface area contributed by atoms with Gasteiger partial charge in [-0.3, -0.25) is 9.89 Å². The summed E-state index contributed by atoms with van der Waals surface area (Å²) in [4.78, 5) is 6.90. The standard InChI is InChI=1S/C22H36N4O3/c1-5-6-16-13-18(16)25-22(23-2)24-15-19(26-9-11-29-12-10-26)17-7-8-20(27-3)21(14-17)28-4/h7-8,14,16,18-19H,5-6,9-13,15H2,1-4H3,(H2,23,24,25). The zero-order chi connectivity index (χ0) is 20.6. The smallest absolute Gasteiger partial charge is 0.191 e. The van der Waals surface area contributed by atoms with Crippen LogP contribution in [0.1, 0.15) is 37.8 Å². The predicted octanol–water partition coefficient (Wildman–Crippen LogP) is 2.43. The van der Waals surface area contributed by atoms with Crippen molar-refractivity contribution in [3.63, 3.8) is 0 Å². The first-order chi connectivity index (χ1) is 14.2. The molecule has 2 N–H and O–H groups in total. The first-order valence-electron chi connectivity index (χ1n) is 10.7. The van der Waals surface area contributed by atoms with E-state index in [1.807, 2.05) is 13.1 Å². The van der Waals surface area contributed by atoms with Crippen LogP contribution in [0.25, 0.3) is 0 Å². The Morgan fingerprint density at radius 2 is 2.00 bits per heavy atom. The number of methoxy groups -OCH3 is 2. The van der Waals surface area contributed by atoms with Gasteiger partial charge in [0.15, 0.2) is 17.5 Å². The zero-order valence-electron chi connectivity index (χ0n) is 18.2. The number of hydrogen-bond donors (Lipinski definition) is 2. The summed E-state index contributed by atoms with van der Waals surface area (Å²) in [5, 5.41) is 7.13. The highest BCUT2D eigenvalue weighted by Gasteiger charge is 2.36. The zero-order valence-corrected chi connectivity index (χ0v) is 18.2. The normalized spacial score (nSPS) is 23.4. The number of ether oxygens (including phenoxy) is 3. The molecular formula is C22H36N4O3. The number of morpholine rings is 1. The fourth-order valence-electron chi connectivity index (χ4n) is 4.08. The number of benzene rings is 1. The highest BCUT2D eigenvalue weighted by Crippen LogP contribution is 2.34. The molecular weight excluding hydrogens is 368 g/mol. The summed E-state index contributed by atoms with van der Waals surface area (Å²) in [6.07, 6.45) is 3.78. The van der Waals surface area contributed by atoms with E-state index in [1.165, 1.54) is 24.8 Å². The van der Waals surface area contributed by atoms with Gasteiger partial charge in [0.1, 0.15) is 0 Å². The van der Waals surface area contributed by atoms with E-state index in [9.17, 15) is 0 Å². The van der Waals surface area contributed by atoms with Gasteiger partial charge in [0, 0.05) is 32.7 Å². The van der Waals surface area contributed by atoms with Crippen LogP contribution in [0.2, 0.25) is 0 Å². The molecule has 1 saturated carbocycles. The summed E-state index contributed by atoms with van der Waals surface area (Å²) in [5.74, 6) is 3.18. The van der Waals surface area contributed by atoms with Gasteiger partial charge < -0.3 is 24.8 Å². The monoisotopic (exact) mass is 404 g/mol. The Labute approximate surface area is 174 Å². The Balaban J connectivity index is 1.69. The molecule has 7 heteroatoms. The van der Waals surface area contributed by atoms with Gasteiger partial charge in [-0.25, -0.2) is 0 Å². The van der Waals surface area contributed by atoms with Crippen LogP contribution < -0.4 is 20.1 Å². The predicted molar refractivity (Wildman–Crippen MR) is 116 cm³/mol. The van der Waals surface area contributed by atoms with E-state index in [0.717, 1.165) is 56.2 Å². The molecule has 0 aromatic heterocycles. The molecule has 0 spiro atoms. The third kappa shape index (κ3) is 5.76. The number of rotatable bonds is 9. The molecule has 0 amide bonds. The molecule has 1 aromatic rings. The van der Waals surface area contributed by atoms with Crippen LogP contribution in [-0.4, -0.2) is 71.0 Å². The van der Waals surface area contributed by atoms with Crippen molar-refractivity contribution in [2.45, 2.75) is 38.3 Å². The van der Waals surface area contributed by atoms with Crippen LogP contribution in [-0.2, 0) is 4.74 Å². The van der Waals surface area contributed by atoms with E-state index < -0.39 is 0 Å². The topological polar surface area (TPSA) is 67.4 Å². The molecule has 3 unspecified atom stereocenters. The Hall–Kier alpha value is -1.99. The third-order valence-electron chi connectivity index (χ3n) is 5.87. The van der Waals surface area contributed by atoms with E-state index in [0.29, 0.717) is 6.04 Å². The number of nitrogens with zero attached hydrogens (tertiary/aromatic N) is 2. The molecule has 3 atom stereocenters. The van der Waals surface area contributed by atoms with Crippen molar-refractivity contribution in [3.8, 4) is 11.5 Å². The van der Waals surface area contributed by atoms with Crippen molar-refractivity contribution in [3.05, 3.63) is 23.8 Å². The van der Waals surface area contributed by atoms with Gasteiger partial charge >= 0.3 is 0 Å². The lowest BCUT2D eigenvalue weighted by Gasteiger charge is -2.35. The van der Waals surface area contributed by atoms with E-state index in [4.69, 9.17) is 14.2 Å². The molecule has 1 aliphatic heterocycles. The first-order valence-corrected chi connectivity index (χ1v) is 10.7. The molecule has 1 heterocycles. The van der Waals surface area contributed by atoms with Crippen molar-refractivity contribution in [2.75, 3.05) is 54.1 Å². The maximum absolute atomic E-state index is 5.57. The maximum atomic E-state index is 5.57. The number of guanidine groups is 1. The van der Waals surface area contributed by atoms with Crippen molar-refractivity contribution in [2.24, 2.45) is 10.9 Å². The first kappa shape index (κ1) is 21.7. The van der Waals surface area contributed by atoms with E-state index >= 15 is 0 Å². The Morgan fingerprint density at radius 1 is 1.24 bits per heavy atom. The lowest BCUT2D eigenvalue weighted by atomic mass is 10.0. The van der Waals surface area contributed by atoms with Gasteiger partial charge in [0.2, 0.25) is 0 Å². The minimum Gasteiger partial charge on any atom is -0.493 e. The second kappa shape index (κ2) is 10.7. The number of aliphatic imine (C=N–C) groups is 1. The van der Waals surface area contributed by atoms with Crippen LogP contribution in [0.3, 0.4) is 0 Å². The van der Waals surface area contributed by atoms with Crippen molar-refractivity contribution in [1.82, 2.24) is 15.5 Å². The van der Waals surface area contributed by atoms with Crippen molar-refractivity contribution in [1.29, 1.82) is 0 Å². The molecule has 1 aromatic carbocycles. The van der Waals surface area contributed by atoms with Crippen LogP contribution in [0, 0.1) is 5.92 Å². The second-order valence-corrected chi connectivity index (χ2v) is 7.77. The summed E-state index contributed by atoms with van der Waals surface area (Å²) in [6, 6.07) is 6.94. The largest absolute Gasteiger partial charge is 0.493 e. The highest BCUT2D eigenvalue weighted by atomic mass is 16.5. The van der Waals surface area contributed by atoms with Crippen LogP contribution in [0.4, 0.5) is 0 Å². The number of hydrogen-bond acceptors (Lipinski definition) is 5. The van der Waals surface area contributed by atoms with Crippen LogP contribution in [0.15, 0.2) is 23.2 Å². The lowest BCUT2D eigenvalue weighted by molar-refractivity contribution is 0.0169. The molecule has 2 fully saturated rings. The van der Waals surface area contributed by atoms with Gasteiger partial charge in [0.05, 0.1) is 33.5 Å². The summed E-state index contributed by atoms with van der Waals surface area (Å²) < 4.78 is 16.5. The molecule has 29 heavy (non-hydrogen) atoms. The van der Waals surface area contributed by atoms with E-state index in [1.54, 1.807) is 14.2 Å². The van der Waals surface area contributed by atoms with Crippen molar-refractivity contribution < 1.29 is 14.2 Å². The summed E-state index contributed by atoms with van der Waals surface area (Å²) in [7, 11) is 5.18. The van der Waals surface area contributed by atoms with Gasteiger partial charge in [-0.1, -0.05) is 19.4 Å². The van der Waals surface area contributed by atoms with Crippen LogP contribution >= 0.6 is 0 Å². The summed E-state index contributed by atoms with van der Waals surface area (Å²) in [6.45, 7) is 6.36. The summed E-state index contributed by atoms with van der Waals surface area (Å²) in [5.41, 5.74) is 1.20. The fourth-order valence-corrected chi connectivity index (χ4v) is 4.08. The van der Waals surface area contributed by atoms with Gasteiger partial charge in [-0.15, -0.1) is 0 Å². The maximum Gasteiger partial charge on any atom is 0.191 e. The van der Waals surface area contributed by atoms with Gasteiger partial charge in [-0.2, -0.15) is 0 Å². The Kier molecular flexibility index (Phi) is 8.00. The molecule has 0 radical (unpaired) electrons. The second-order valence-electron chi connectivity index (χ2n) is 7.77. The summed E-state index contributed by atoms with van der Waals surface area (Å²) >= 11 is 0. The Bertz CT molecular complexity index is 676. The van der Waals surface area contributed by atoms with E-state index in [-0.39, 0.29) is 6.04 Å². The molecule has 1 saturated heterocycles.